The van der Waals surface area contributed by atoms with E-state index >= 15 is 0 Å². The molecule has 9 heteroatoms. The highest BCUT2D eigenvalue weighted by molar-refractivity contribution is 8.00. The van der Waals surface area contributed by atoms with Crippen molar-refractivity contribution in [2.45, 2.75) is 70.1 Å². The Balaban J connectivity index is 1.62. The normalized spacial score (nSPS) is 41.1. The summed E-state index contributed by atoms with van der Waals surface area (Å²) in [7, 11) is 0. The molecule has 0 radical (unpaired) electrons. The minimum absolute atomic E-state index is 0.0279. The quantitative estimate of drug-likeness (QED) is 0.523. The van der Waals surface area contributed by atoms with Gasteiger partial charge in [0.25, 0.3) is 0 Å². The van der Waals surface area contributed by atoms with E-state index in [4.69, 9.17) is 0 Å². The molecule has 1 amide bonds. The van der Waals surface area contributed by atoms with Crippen LogP contribution in [0, 0.1) is 34.5 Å². The third-order valence-electron chi connectivity index (χ3n) is 9.16. The molecule has 0 aromatic carbocycles. The van der Waals surface area contributed by atoms with Crippen LogP contribution in [0.2, 0.25) is 0 Å². The maximum atomic E-state index is 13.6. The molecule has 4 fully saturated rings. The van der Waals surface area contributed by atoms with E-state index in [-0.39, 0.29) is 53.9 Å². The summed E-state index contributed by atoms with van der Waals surface area (Å²) in [5.41, 5.74) is -1.11. The van der Waals surface area contributed by atoms with Crippen molar-refractivity contribution in [3.05, 3.63) is 0 Å². The standard InChI is InChI=1S/C24H33NO7S/c1-12(27)25-16(22(31)32)10-33-21-17(28)6-8-24(11-26)15-5-7-23(2)14(3-4-19(23)30)13(15)9-18(29)20(21)24/h13-16,20-21,26H,3-11H2,1-2H3,(H,25,27)(H,31,32)/t13-,14-,15-,16-,20-,21+,23-,24-/m0/s1. The van der Waals surface area contributed by atoms with E-state index in [1.807, 2.05) is 6.92 Å². The van der Waals surface area contributed by atoms with Gasteiger partial charge in [-0.1, -0.05) is 6.92 Å². The largest absolute Gasteiger partial charge is 0.480 e. The number of hydrogen-bond acceptors (Lipinski definition) is 7. The maximum absolute atomic E-state index is 13.6. The fourth-order valence-electron chi connectivity index (χ4n) is 7.57. The zero-order valence-corrected chi connectivity index (χ0v) is 20.0. The van der Waals surface area contributed by atoms with Gasteiger partial charge in [0.15, 0.2) is 0 Å². The molecule has 182 valence electrons. The summed E-state index contributed by atoms with van der Waals surface area (Å²) in [5, 5.41) is 21.8. The van der Waals surface area contributed by atoms with Gasteiger partial charge < -0.3 is 15.5 Å². The number of amides is 1. The fraction of sp³-hybridized carbons (Fsp3) is 0.792. The number of carbonyl (C=O) groups excluding carboxylic acids is 4. The Morgan fingerprint density at radius 3 is 2.48 bits per heavy atom. The second kappa shape index (κ2) is 8.80. The van der Waals surface area contributed by atoms with Gasteiger partial charge in [-0.15, -0.1) is 11.8 Å². The van der Waals surface area contributed by atoms with Crippen molar-refractivity contribution in [3.8, 4) is 0 Å². The van der Waals surface area contributed by atoms with Crippen LogP contribution >= 0.6 is 11.8 Å². The van der Waals surface area contributed by atoms with Crippen LogP contribution in [0.1, 0.15) is 58.8 Å². The zero-order valence-electron chi connectivity index (χ0n) is 19.2. The van der Waals surface area contributed by atoms with E-state index in [0.717, 1.165) is 31.0 Å². The number of aliphatic hydroxyl groups is 1. The molecule has 0 aromatic rings. The summed E-state index contributed by atoms with van der Waals surface area (Å²) in [6.45, 7) is 3.07. The van der Waals surface area contributed by atoms with Crippen LogP contribution in [0.4, 0.5) is 0 Å². The molecule has 8 atom stereocenters. The van der Waals surface area contributed by atoms with Gasteiger partial charge >= 0.3 is 5.97 Å². The first-order valence-electron chi connectivity index (χ1n) is 11.9. The number of rotatable bonds is 6. The number of aliphatic hydroxyl groups excluding tert-OH is 1. The van der Waals surface area contributed by atoms with Gasteiger partial charge in [0.2, 0.25) is 5.91 Å². The molecule has 0 heterocycles. The highest BCUT2D eigenvalue weighted by Crippen LogP contribution is 2.65. The third-order valence-corrected chi connectivity index (χ3v) is 10.6. The predicted octanol–water partition coefficient (Wildman–Crippen LogP) is 1.62. The van der Waals surface area contributed by atoms with Crippen molar-refractivity contribution in [1.29, 1.82) is 0 Å². The van der Waals surface area contributed by atoms with Crippen LogP contribution < -0.4 is 5.32 Å². The van der Waals surface area contributed by atoms with Gasteiger partial charge in [-0.05, 0) is 43.4 Å². The third kappa shape index (κ3) is 3.85. The van der Waals surface area contributed by atoms with E-state index in [1.54, 1.807) is 0 Å². The molecule has 0 saturated heterocycles. The average Bonchev–Trinajstić information content (AvgIpc) is 3.06. The summed E-state index contributed by atoms with van der Waals surface area (Å²) in [4.78, 5) is 62.1. The van der Waals surface area contributed by atoms with Crippen molar-refractivity contribution in [2.75, 3.05) is 12.4 Å². The Morgan fingerprint density at radius 2 is 1.85 bits per heavy atom. The van der Waals surface area contributed by atoms with Crippen LogP contribution in [-0.4, -0.2) is 63.1 Å². The molecule has 4 aliphatic rings. The SMILES string of the molecule is CC(=O)N[C@@H](CS[C@@H]1C(=O)CC[C@]2(CO)[C@H]3CC[C@]4(C)C(=O)CC[C@H]4[C@@H]3CC(=O)[C@@H]12)C(=O)O. The number of carboxylic acids is 1. The van der Waals surface area contributed by atoms with Gasteiger partial charge in [-0.2, -0.15) is 0 Å². The van der Waals surface area contributed by atoms with Crippen LogP contribution in [0.3, 0.4) is 0 Å². The molecule has 4 rings (SSSR count). The van der Waals surface area contributed by atoms with Crippen molar-refractivity contribution >= 4 is 41.0 Å². The summed E-state index contributed by atoms with van der Waals surface area (Å²) in [6, 6.07) is -1.16. The number of carboxylic acid groups (broad SMARTS) is 1. The minimum Gasteiger partial charge on any atom is -0.480 e. The lowest BCUT2D eigenvalue weighted by Crippen LogP contribution is -2.62. The first kappa shape index (κ1) is 24.4. The molecule has 4 aliphatic carbocycles. The molecule has 0 unspecified atom stereocenters. The lowest BCUT2D eigenvalue weighted by molar-refractivity contribution is -0.166. The Kier molecular flexibility index (Phi) is 6.50. The predicted molar refractivity (Wildman–Crippen MR) is 120 cm³/mol. The molecule has 3 N–H and O–H groups in total. The van der Waals surface area contributed by atoms with Gasteiger partial charge in [0.1, 0.15) is 23.4 Å². The van der Waals surface area contributed by atoms with Gasteiger partial charge in [-0.3, -0.25) is 19.2 Å². The number of fused-ring (bicyclic) bond motifs is 5. The molecule has 33 heavy (non-hydrogen) atoms. The minimum atomic E-state index is -1.19. The van der Waals surface area contributed by atoms with Crippen molar-refractivity contribution in [3.63, 3.8) is 0 Å². The number of carbonyl (C=O) groups is 5. The van der Waals surface area contributed by atoms with Crippen LogP contribution in [0.15, 0.2) is 0 Å². The molecule has 0 aromatic heterocycles. The molecular formula is C24H33NO7S. The Morgan fingerprint density at radius 1 is 1.12 bits per heavy atom. The maximum Gasteiger partial charge on any atom is 0.327 e. The lowest BCUT2D eigenvalue weighted by Gasteiger charge is -2.60. The van der Waals surface area contributed by atoms with Gasteiger partial charge in [0, 0.05) is 55.3 Å². The van der Waals surface area contributed by atoms with E-state index in [1.165, 1.54) is 6.92 Å². The van der Waals surface area contributed by atoms with E-state index in [9.17, 15) is 34.2 Å². The number of ketones is 3. The summed E-state index contributed by atoms with van der Waals surface area (Å²) < 4.78 is 0. The first-order valence-corrected chi connectivity index (χ1v) is 12.9. The highest BCUT2D eigenvalue weighted by Gasteiger charge is 2.65. The van der Waals surface area contributed by atoms with Crippen molar-refractivity contribution < 1.29 is 34.2 Å². The lowest BCUT2D eigenvalue weighted by atomic mass is 9.44. The van der Waals surface area contributed by atoms with E-state index in [2.05, 4.69) is 5.32 Å². The first-order chi connectivity index (χ1) is 15.5. The number of hydrogen-bond donors (Lipinski definition) is 3. The Labute approximate surface area is 197 Å². The highest BCUT2D eigenvalue weighted by atomic mass is 32.2. The number of thioether (sulfide) groups is 1. The van der Waals surface area contributed by atoms with Crippen LogP contribution in [0.5, 0.6) is 0 Å². The Hall–Kier alpha value is -1.74. The van der Waals surface area contributed by atoms with Gasteiger partial charge in [-0.25, -0.2) is 4.79 Å². The summed E-state index contributed by atoms with van der Waals surface area (Å²) in [6.07, 6.45) is 3.82. The monoisotopic (exact) mass is 479 g/mol. The Bertz CT molecular complexity index is 890. The molecule has 0 bridgehead atoms. The second-order valence-corrected chi connectivity index (χ2v) is 11.8. The molecule has 0 spiro atoms. The summed E-state index contributed by atoms with van der Waals surface area (Å²) in [5.74, 6) is -1.98. The van der Waals surface area contributed by atoms with Crippen LogP contribution in [0.25, 0.3) is 0 Å². The number of aliphatic carboxylic acids is 1. The van der Waals surface area contributed by atoms with Crippen molar-refractivity contribution in [1.82, 2.24) is 5.32 Å². The van der Waals surface area contributed by atoms with Crippen LogP contribution in [-0.2, 0) is 24.0 Å². The number of Topliss-reactive ketones (excluding diaryl/α,β-unsaturated/α-hetero) is 3. The molecule has 4 saturated carbocycles. The van der Waals surface area contributed by atoms with E-state index < -0.39 is 39.9 Å². The molecular weight excluding hydrogens is 446 g/mol. The van der Waals surface area contributed by atoms with E-state index in [0.29, 0.717) is 19.3 Å². The average molecular weight is 480 g/mol. The molecule has 0 aliphatic heterocycles. The number of nitrogens with one attached hydrogen (secondary N) is 1. The zero-order chi connectivity index (χ0) is 24.1. The second-order valence-electron chi connectivity index (χ2n) is 10.6. The molecule has 8 nitrogen and oxygen atoms in total. The van der Waals surface area contributed by atoms with Crippen molar-refractivity contribution in [2.24, 2.45) is 34.5 Å². The smallest absolute Gasteiger partial charge is 0.327 e. The fourth-order valence-corrected chi connectivity index (χ4v) is 9.11. The summed E-state index contributed by atoms with van der Waals surface area (Å²) >= 11 is 1.11. The topological polar surface area (TPSA) is 138 Å². The van der Waals surface area contributed by atoms with Gasteiger partial charge in [0.05, 0.1) is 5.25 Å².